The first-order valence-corrected chi connectivity index (χ1v) is 12.2. The van der Waals surface area contributed by atoms with E-state index in [1.165, 1.54) is 26.1 Å². The molecule has 3 rings (SSSR count). The molecule has 6 N–H and O–H groups in total. The van der Waals surface area contributed by atoms with E-state index in [4.69, 9.17) is 5.11 Å². The molecular weight excluding hydrogens is 522 g/mol. The molecule has 2 aromatic carbocycles. The molecular formula is C27H29N5O8. The Kier molecular flexibility index (Phi) is 9.57. The van der Waals surface area contributed by atoms with Crippen molar-refractivity contribution in [3.05, 3.63) is 75.6 Å². The molecule has 3 aromatic rings. The van der Waals surface area contributed by atoms with Crippen LogP contribution in [-0.2, 0) is 39.2 Å². The fraction of sp³-hybridized carbons (Fsp3) is 0.259. The van der Waals surface area contributed by atoms with Gasteiger partial charge in [0.1, 0.15) is 23.9 Å². The van der Waals surface area contributed by atoms with Gasteiger partial charge in [-0.2, -0.15) is 0 Å². The quantitative estimate of drug-likeness (QED) is 0.184. The molecule has 1 atom stereocenters. The average molecular weight is 552 g/mol. The molecule has 1 heterocycles. The summed E-state index contributed by atoms with van der Waals surface area (Å²) in [6.07, 6.45) is 0.243. The van der Waals surface area contributed by atoms with E-state index in [-0.39, 0.29) is 30.8 Å². The Morgan fingerprint density at radius 3 is 2.27 bits per heavy atom. The van der Waals surface area contributed by atoms with E-state index >= 15 is 0 Å². The second-order valence-corrected chi connectivity index (χ2v) is 8.95. The normalized spacial score (nSPS) is 11.3. The SMILES string of the molecule is CC(=O)N[C@H](Cc1ccccc1)C(=O)NCC(=O)NCc1ccc2c(c1)c(O)c(C(=O)NCC(=O)O)c(=O)n2C. The monoisotopic (exact) mass is 551 g/mol. The van der Waals surface area contributed by atoms with E-state index in [9.17, 15) is 33.9 Å². The van der Waals surface area contributed by atoms with Crippen LogP contribution < -0.4 is 26.8 Å². The molecule has 0 unspecified atom stereocenters. The lowest BCUT2D eigenvalue weighted by atomic mass is 10.1. The molecule has 210 valence electrons. The van der Waals surface area contributed by atoms with E-state index in [1.54, 1.807) is 6.07 Å². The van der Waals surface area contributed by atoms with E-state index in [1.807, 2.05) is 30.3 Å². The molecule has 40 heavy (non-hydrogen) atoms. The van der Waals surface area contributed by atoms with Crippen LogP contribution in [0.25, 0.3) is 10.9 Å². The molecule has 1 aromatic heterocycles. The summed E-state index contributed by atoms with van der Waals surface area (Å²) in [6, 6.07) is 12.8. The minimum absolute atomic E-state index is 0.00733. The van der Waals surface area contributed by atoms with Gasteiger partial charge in [-0.3, -0.25) is 28.8 Å². The maximum Gasteiger partial charge on any atom is 0.322 e. The van der Waals surface area contributed by atoms with Crippen LogP contribution in [0.5, 0.6) is 5.75 Å². The third-order valence-corrected chi connectivity index (χ3v) is 5.95. The predicted molar refractivity (Wildman–Crippen MR) is 143 cm³/mol. The van der Waals surface area contributed by atoms with Crippen LogP contribution in [0.3, 0.4) is 0 Å². The largest absolute Gasteiger partial charge is 0.506 e. The number of aromatic hydroxyl groups is 1. The lowest BCUT2D eigenvalue weighted by Crippen LogP contribution is -2.49. The number of aliphatic carboxylic acids is 1. The minimum Gasteiger partial charge on any atom is -0.506 e. The summed E-state index contributed by atoms with van der Waals surface area (Å²) >= 11 is 0. The van der Waals surface area contributed by atoms with Crippen LogP contribution in [0.2, 0.25) is 0 Å². The van der Waals surface area contributed by atoms with Crippen molar-refractivity contribution in [3.8, 4) is 5.75 Å². The van der Waals surface area contributed by atoms with E-state index < -0.39 is 53.1 Å². The van der Waals surface area contributed by atoms with Crippen LogP contribution in [0, 0.1) is 0 Å². The number of hydrogen-bond donors (Lipinski definition) is 6. The fourth-order valence-electron chi connectivity index (χ4n) is 4.00. The van der Waals surface area contributed by atoms with Crippen molar-refractivity contribution in [2.24, 2.45) is 7.05 Å². The fourth-order valence-corrected chi connectivity index (χ4v) is 4.00. The second-order valence-electron chi connectivity index (χ2n) is 8.95. The summed E-state index contributed by atoms with van der Waals surface area (Å²) in [4.78, 5) is 72.4. The van der Waals surface area contributed by atoms with Gasteiger partial charge < -0.3 is 36.0 Å². The summed E-state index contributed by atoms with van der Waals surface area (Å²) in [6.45, 7) is 0.195. The average Bonchev–Trinajstić information content (AvgIpc) is 2.92. The summed E-state index contributed by atoms with van der Waals surface area (Å²) in [5.41, 5.74) is 0.236. The number of carboxylic acids is 1. The minimum atomic E-state index is -1.32. The number of hydrogen-bond acceptors (Lipinski definition) is 7. The lowest BCUT2D eigenvalue weighted by Gasteiger charge is -2.18. The number of fused-ring (bicyclic) bond motifs is 1. The molecule has 0 aliphatic heterocycles. The van der Waals surface area contributed by atoms with Crippen molar-refractivity contribution in [1.82, 2.24) is 25.8 Å². The molecule has 13 heteroatoms. The van der Waals surface area contributed by atoms with Gasteiger partial charge in [-0.05, 0) is 23.3 Å². The Bertz CT molecular complexity index is 1520. The molecule has 0 aliphatic rings. The van der Waals surface area contributed by atoms with Gasteiger partial charge in [0.25, 0.3) is 11.5 Å². The smallest absolute Gasteiger partial charge is 0.322 e. The van der Waals surface area contributed by atoms with Gasteiger partial charge in [0.2, 0.25) is 17.7 Å². The number of pyridine rings is 1. The molecule has 4 amide bonds. The van der Waals surface area contributed by atoms with Crippen LogP contribution in [0.15, 0.2) is 53.3 Å². The van der Waals surface area contributed by atoms with Crippen molar-refractivity contribution in [1.29, 1.82) is 0 Å². The van der Waals surface area contributed by atoms with Crippen molar-refractivity contribution < 1.29 is 34.2 Å². The zero-order valence-corrected chi connectivity index (χ0v) is 21.8. The van der Waals surface area contributed by atoms with Crippen molar-refractivity contribution in [2.75, 3.05) is 13.1 Å². The Hall–Kier alpha value is -5.20. The number of aryl methyl sites for hydroxylation is 1. The standard InChI is InChI=1S/C27H29N5O8/c1-15(33)31-19(11-16-6-4-3-5-7-16)25(38)29-13-21(34)28-12-17-8-9-20-18(10-17)24(37)23(27(40)32(20)2)26(39)30-14-22(35)36/h3-10,19,37H,11-14H2,1-2H3,(H,28,34)(H,29,38)(H,30,39)(H,31,33)(H,35,36)/t19-/m1/s1. The molecule has 0 spiro atoms. The van der Waals surface area contributed by atoms with Gasteiger partial charge in [0.05, 0.1) is 12.1 Å². The number of carbonyl (C=O) groups is 5. The third-order valence-electron chi connectivity index (χ3n) is 5.95. The van der Waals surface area contributed by atoms with Gasteiger partial charge in [-0.25, -0.2) is 0 Å². The number of amides is 4. The first-order valence-electron chi connectivity index (χ1n) is 12.2. The zero-order chi connectivity index (χ0) is 29.4. The maximum atomic E-state index is 12.6. The van der Waals surface area contributed by atoms with Crippen LogP contribution in [0.1, 0.15) is 28.4 Å². The van der Waals surface area contributed by atoms with Crippen LogP contribution in [0.4, 0.5) is 0 Å². The Morgan fingerprint density at radius 1 is 0.925 bits per heavy atom. The van der Waals surface area contributed by atoms with Crippen molar-refractivity contribution in [2.45, 2.75) is 25.9 Å². The Balaban J connectivity index is 1.67. The van der Waals surface area contributed by atoms with Gasteiger partial charge in [-0.15, -0.1) is 0 Å². The number of carboxylic acid groups (broad SMARTS) is 1. The van der Waals surface area contributed by atoms with Crippen molar-refractivity contribution >= 4 is 40.5 Å². The second kappa shape index (κ2) is 13.0. The third kappa shape index (κ3) is 7.43. The highest BCUT2D eigenvalue weighted by Gasteiger charge is 2.22. The van der Waals surface area contributed by atoms with E-state index in [0.29, 0.717) is 11.1 Å². The maximum absolute atomic E-state index is 12.6. The first kappa shape index (κ1) is 29.4. The number of nitrogens with zero attached hydrogens (tertiary/aromatic N) is 1. The Labute approximate surface area is 228 Å². The topological polar surface area (TPSA) is 196 Å². The van der Waals surface area contributed by atoms with Gasteiger partial charge in [0, 0.05) is 32.3 Å². The van der Waals surface area contributed by atoms with Crippen molar-refractivity contribution in [3.63, 3.8) is 0 Å². The summed E-state index contributed by atoms with van der Waals surface area (Å²) in [5, 5.41) is 29.3. The molecule has 0 aliphatic carbocycles. The van der Waals surface area contributed by atoms with E-state index in [0.717, 1.165) is 10.1 Å². The lowest BCUT2D eigenvalue weighted by molar-refractivity contribution is -0.135. The molecule has 0 saturated heterocycles. The highest BCUT2D eigenvalue weighted by Crippen LogP contribution is 2.27. The Morgan fingerprint density at radius 2 is 1.62 bits per heavy atom. The highest BCUT2D eigenvalue weighted by atomic mass is 16.4. The number of nitrogens with one attached hydrogen (secondary N) is 4. The molecule has 0 fully saturated rings. The van der Waals surface area contributed by atoms with Gasteiger partial charge in [0.15, 0.2) is 0 Å². The van der Waals surface area contributed by atoms with E-state index in [2.05, 4.69) is 21.3 Å². The molecule has 0 saturated carbocycles. The van der Waals surface area contributed by atoms with Gasteiger partial charge >= 0.3 is 5.97 Å². The highest BCUT2D eigenvalue weighted by molar-refractivity contribution is 6.03. The molecule has 13 nitrogen and oxygen atoms in total. The summed E-state index contributed by atoms with van der Waals surface area (Å²) < 4.78 is 1.14. The first-order chi connectivity index (χ1) is 19.0. The summed E-state index contributed by atoms with van der Waals surface area (Å²) in [7, 11) is 1.40. The predicted octanol–water partition coefficient (Wildman–Crippen LogP) is -0.462. The number of benzene rings is 2. The number of rotatable bonds is 11. The van der Waals surface area contributed by atoms with Crippen LogP contribution in [-0.4, -0.2) is 63.5 Å². The zero-order valence-electron chi connectivity index (χ0n) is 21.8. The number of aromatic nitrogens is 1. The van der Waals surface area contributed by atoms with Gasteiger partial charge in [-0.1, -0.05) is 36.4 Å². The summed E-state index contributed by atoms with van der Waals surface area (Å²) in [5.74, 6) is -4.42. The molecule has 0 bridgehead atoms. The molecule has 0 radical (unpaired) electrons. The number of carbonyl (C=O) groups excluding carboxylic acids is 4. The van der Waals surface area contributed by atoms with Crippen LogP contribution >= 0.6 is 0 Å².